The van der Waals surface area contributed by atoms with Gasteiger partial charge in [-0.2, -0.15) is 8.42 Å². The predicted molar refractivity (Wildman–Crippen MR) is 62.6 cm³/mol. The zero-order valence-corrected chi connectivity index (χ0v) is 10.4. The summed E-state index contributed by atoms with van der Waals surface area (Å²) in [6.07, 6.45) is 5.37. The average molecular weight is 245 g/mol. The Hall–Kier alpha value is -0.390. The van der Waals surface area contributed by atoms with Gasteiger partial charge in [-0.1, -0.05) is 6.08 Å². The molecule has 0 aromatic carbocycles. The minimum Gasteiger partial charge on any atom is -0.297 e. The second-order valence-electron chi connectivity index (χ2n) is 4.82. The first-order valence-corrected chi connectivity index (χ1v) is 7.52. The molecule has 0 aliphatic carbocycles. The van der Waals surface area contributed by atoms with Crippen LogP contribution in [0.3, 0.4) is 0 Å². The summed E-state index contributed by atoms with van der Waals surface area (Å²) in [6, 6.07) is 0.268. The summed E-state index contributed by atoms with van der Waals surface area (Å²) in [5, 5.41) is 0. The zero-order valence-electron chi connectivity index (χ0n) is 9.63. The minimum atomic E-state index is -3.31. The summed E-state index contributed by atoms with van der Waals surface area (Å²) >= 11 is 0. The van der Waals surface area contributed by atoms with Gasteiger partial charge in [0.2, 0.25) is 0 Å². The first-order chi connectivity index (χ1) is 7.49. The quantitative estimate of drug-likeness (QED) is 0.544. The summed E-state index contributed by atoms with van der Waals surface area (Å²) < 4.78 is 26.8. The van der Waals surface area contributed by atoms with Crippen LogP contribution in [-0.2, 0) is 14.3 Å². The molecule has 3 heterocycles. The zero-order chi connectivity index (χ0) is 11.8. The van der Waals surface area contributed by atoms with Crippen molar-refractivity contribution in [3.8, 4) is 0 Å². The van der Waals surface area contributed by atoms with E-state index in [0.29, 0.717) is 18.4 Å². The Morgan fingerprint density at radius 3 is 2.81 bits per heavy atom. The van der Waals surface area contributed by atoms with Gasteiger partial charge < -0.3 is 0 Å². The Labute approximate surface area is 97.4 Å². The molecule has 0 aromatic heterocycles. The molecule has 0 amide bonds. The van der Waals surface area contributed by atoms with E-state index in [4.69, 9.17) is 4.18 Å². The van der Waals surface area contributed by atoms with Crippen molar-refractivity contribution in [2.75, 3.05) is 26.0 Å². The fourth-order valence-electron chi connectivity index (χ4n) is 2.82. The van der Waals surface area contributed by atoms with E-state index < -0.39 is 10.1 Å². The highest BCUT2D eigenvalue weighted by atomic mass is 32.2. The average Bonchev–Trinajstić information content (AvgIpc) is 2.26. The van der Waals surface area contributed by atoms with Crippen molar-refractivity contribution in [3.05, 3.63) is 12.7 Å². The van der Waals surface area contributed by atoms with Crippen molar-refractivity contribution in [2.24, 2.45) is 11.8 Å². The maximum atomic E-state index is 10.9. The van der Waals surface area contributed by atoms with E-state index in [2.05, 4.69) is 11.5 Å². The van der Waals surface area contributed by atoms with Crippen molar-refractivity contribution in [2.45, 2.75) is 18.9 Å². The molecule has 5 heteroatoms. The van der Waals surface area contributed by atoms with Gasteiger partial charge in [0.1, 0.15) is 0 Å². The molecule has 0 radical (unpaired) electrons. The number of rotatable bonds is 4. The smallest absolute Gasteiger partial charge is 0.264 e. The molecule has 0 saturated carbocycles. The van der Waals surface area contributed by atoms with E-state index in [0.717, 1.165) is 25.8 Å². The van der Waals surface area contributed by atoms with Crippen LogP contribution < -0.4 is 0 Å². The number of fused-ring (bicyclic) bond motifs is 3. The largest absolute Gasteiger partial charge is 0.297 e. The van der Waals surface area contributed by atoms with Gasteiger partial charge in [-0.25, -0.2) is 0 Å². The lowest BCUT2D eigenvalue weighted by Gasteiger charge is -2.48. The first kappa shape index (κ1) is 12.1. The lowest BCUT2D eigenvalue weighted by molar-refractivity contribution is -0.000240. The minimum absolute atomic E-state index is 0.268. The van der Waals surface area contributed by atoms with Gasteiger partial charge in [0, 0.05) is 12.6 Å². The maximum Gasteiger partial charge on any atom is 0.264 e. The third-order valence-electron chi connectivity index (χ3n) is 3.71. The molecule has 3 fully saturated rings. The van der Waals surface area contributed by atoms with Gasteiger partial charge in [-0.05, 0) is 31.2 Å². The lowest BCUT2D eigenvalue weighted by atomic mass is 9.76. The van der Waals surface area contributed by atoms with Crippen LogP contribution in [0.2, 0.25) is 0 Å². The summed E-state index contributed by atoms with van der Waals surface area (Å²) in [4.78, 5) is 2.33. The second-order valence-corrected chi connectivity index (χ2v) is 6.47. The molecule has 92 valence electrons. The molecule has 0 N–H and O–H groups in total. The molecule has 4 atom stereocenters. The number of nitrogens with zero attached hydrogens (tertiary/aromatic N) is 1. The highest BCUT2D eigenvalue weighted by Crippen LogP contribution is 2.36. The Morgan fingerprint density at radius 2 is 2.31 bits per heavy atom. The van der Waals surface area contributed by atoms with Gasteiger partial charge in [-0.3, -0.25) is 9.08 Å². The molecule has 3 aliphatic rings. The molecule has 3 saturated heterocycles. The van der Waals surface area contributed by atoms with Crippen LogP contribution in [0.1, 0.15) is 12.8 Å². The van der Waals surface area contributed by atoms with Crippen LogP contribution >= 0.6 is 0 Å². The van der Waals surface area contributed by atoms with Crippen LogP contribution in [-0.4, -0.2) is 45.3 Å². The van der Waals surface area contributed by atoms with Gasteiger partial charge >= 0.3 is 0 Å². The van der Waals surface area contributed by atoms with Crippen molar-refractivity contribution in [1.29, 1.82) is 0 Å². The van der Waals surface area contributed by atoms with Crippen molar-refractivity contribution < 1.29 is 12.6 Å². The van der Waals surface area contributed by atoms with Gasteiger partial charge in [-0.15, -0.1) is 6.58 Å². The van der Waals surface area contributed by atoms with E-state index in [9.17, 15) is 8.42 Å². The molecular weight excluding hydrogens is 226 g/mol. The summed E-state index contributed by atoms with van der Waals surface area (Å²) in [5.74, 6) is 1.24. The maximum absolute atomic E-state index is 10.9. The molecule has 2 bridgehead atoms. The number of piperidine rings is 3. The third kappa shape index (κ3) is 2.64. The van der Waals surface area contributed by atoms with Crippen LogP contribution in [0.4, 0.5) is 0 Å². The van der Waals surface area contributed by atoms with Crippen LogP contribution in [0.5, 0.6) is 0 Å². The van der Waals surface area contributed by atoms with Crippen molar-refractivity contribution >= 4 is 10.1 Å². The topological polar surface area (TPSA) is 46.6 Å². The Bertz CT molecular complexity index is 365. The van der Waals surface area contributed by atoms with Crippen LogP contribution in [0.15, 0.2) is 12.7 Å². The molecule has 16 heavy (non-hydrogen) atoms. The van der Waals surface area contributed by atoms with E-state index in [1.54, 1.807) is 0 Å². The Balaban J connectivity index is 1.93. The molecule has 0 spiro atoms. The SMILES string of the molecule is C=C[C@H]1CN2CC[C@H]1C[C@@H]2COS(C)(=O)=O. The molecule has 0 aromatic rings. The fraction of sp³-hybridized carbons (Fsp3) is 0.818. The summed E-state index contributed by atoms with van der Waals surface area (Å²) in [6.45, 7) is 6.23. The van der Waals surface area contributed by atoms with E-state index >= 15 is 0 Å². The van der Waals surface area contributed by atoms with Crippen LogP contribution in [0, 0.1) is 11.8 Å². The Kier molecular flexibility index (Phi) is 3.37. The first-order valence-electron chi connectivity index (χ1n) is 5.70. The normalized spacial score (nSPS) is 38.6. The van der Waals surface area contributed by atoms with E-state index in [1.807, 2.05) is 6.08 Å². The Morgan fingerprint density at radius 1 is 1.56 bits per heavy atom. The molecule has 4 nitrogen and oxygen atoms in total. The number of hydrogen-bond acceptors (Lipinski definition) is 4. The van der Waals surface area contributed by atoms with Gasteiger partial charge in [0.15, 0.2) is 0 Å². The molecule has 1 unspecified atom stereocenters. The van der Waals surface area contributed by atoms with Crippen molar-refractivity contribution in [3.63, 3.8) is 0 Å². The lowest BCUT2D eigenvalue weighted by Crippen LogP contribution is -2.54. The monoisotopic (exact) mass is 245 g/mol. The van der Waals surface area contributed by atoms with Crippen LogP contribution in [0.25, 0.3) is 0 Å². The molecule has 3 aliphatic heterocycles. The fourth-order valence-corrected chi connectivity index (χ4v) is 3.23. The van der Waals surface area contributed by atoms with Gasteiger partial charge in [0.25, 0.3) is 10.1 Å². The van der Waals surface area contributed by atoms with E-state index in [1.165, 1.54) is 6.42 Å². The van der Waals surface area contributed by atoms with E-state index in [-0.39, 0.29) is 6.04 Å². The highest BCUT2D eigenvalue weighted by molar-refractivity contribution is 7.85. The standard InChI is InChI=1S/C11H19NO3S/c1-3-9-7-12-5-4-10(9)6-11(12)8-15-16(2,13)14/h3,9-11H,1,4-8H2,2H3/t9-,10-,11+/m0/s1. The molecule has 3 rings (SSSR count). The summed E-state index contributed by atoms with van der Waals surface area (Å²) in [7, 11) is -3.31. The van der Waals surface area contributed by atoms with Crippen molar-refractivity contribution in [1.82, 2.24) is 4.90 Å². The summed E-state index contributed by atoms with van der Waals surface area (Å²) in [5.41, 5.74) is 0. The number of hydrogen-bond donors (Lipinski definition) is 0. The third-order valence-corrected chi connectivity index (χ3v) is 4.27. The predicted octanol–water partition coefficient (Wildman–Crippen LogP) is 0.859. The molecular formula is C11H19NO3S. The highest BCUT2D eigenvalue weighted by Gasteiger charge is 2.38. The second kappa shape index (κ2) is 4.47. The van der Waals surface area contributed by atoms with Gasteiger partial charge in [0.05, 0.1) is 12.9 Å².